The summed E-state index contributed by atoms with van der Waals surface area (Å²) in [6, 6.07) is 71.9. The molecule has 0 saturated heterocycles. The Morgan fingerprint density at radius 1 is 0.288 bits per heavy atom. The fourth-order valence-electron chi connectivity index (χ4n) is 12.9. The van der Waals surface area contributed by atoms with E-state index in [-0.39, 0.29) is 16.2 Å². The van der Waals surface area contributed by atoms with Crippen LogP contribution in [0.25, 0.3) is 105 Å². The van der Waals surface area contributed by atoms with E-state index in [1.165, 1.54) is 138 Å². The number of benzene rings is 10. The highest BCUT2D eigenvalue weighted by Gasteiger charge is 2.40. The van der Waals surface area contributed by atoms with Crippen molar-refractivity contribution in [1.82, 2.24) is 4.57 Å². The molecule has 0 N–H and O–H groups in total. The minimum atomic E-state index is -0.252. The highest BCUT2D eigenvalue weighted by molar-refractivity contribution is 6.17. The third-order valence-electron chi connectivity index (χ3n) is 16.4. The largest absolute Gasteiger partial charge is 0.309 e. The smallest absolute Gasteiger partial charge is 0.0547 e. The molecule has 1 heterocycles. The Hall–Kier alpha value is -7.48. The predicted molar refractivity (Wildman–Crippen MR) is 279 cm³/mol. The van der Waals surface area contributed by atoms with Crippen LogP contribution in [0, 0.1) is 0 Å². The Bertz CT molecular complexity index is 3940. The van der Waals surface area contributed by atoms with Gasteiger partial charge in [-0.15, -0.1) is 0 Å². The zero-order chi connectivity index (χ0) is 44.4. The summed E-state index contributed by atoms with van der Waals surface area (Å²) < 4.78 is 2.52. The maximum absolute atomic E-state index is 2.56. The van der Waals surface area contributed by atoms with Gasteiger partial charge < -0.3 is 4.57 Å². The van der Waals surface area contributed by atoms with Crippen LogP contribution in [0.4, 0.5) is 0 Å². The summed E-state index contributed by atoms with van der Waals surface area (Å²) in [6.45, 7) is 14.4. The molecule has 10 aromatic carbocycles. The number of para-hydroxylation sites is 1. The Morgan fingerprint density at radius 3 is 1.47 bits per heavy atom. The van der Waals surface area contributed by atoms with Crippen molar-refractivity contribution in [3.63, 3.8) is 0 Å². The summed E-state index contributed by atoms with van der Waals surface area (Å²) in [7, 11) is 0. The van der Waals surface area contributed by atoms with Gasteiger partial charge in [0.2, 0.25) is 0 Å². The highest BCUT2D eigenvalue weighted by Crippen LogP contribution is 2.57. The first-order chi connectivity index (χ1) is 32.0. The fourth-order valence-corrected chi connectivity index (χ4v) is 12.9. The molecule has 11 aromatic rings. The van der Waals surface area contributed by atoms with Crippen molar-refractivity contribution < 1.29 is 0 Å². The molecule has 0 aliphatic heterocycles. The lowest BCUT2D eigenvalue weighted by atomic mass is 9.79. The quantitative estimate of drug-likeness (QED) is 0.156. The van der Waals surface area contributed by atoms with E-state index in [0.29, 0.717) is 0 Å². The molecule has 1 heteroatoms. The lowest BCUT2D eigenvalue weighted by Crippen LogP contribution is -2.15. The molecular weight excluding hydrogens is 795 g/mol. The van der Waals surface area contributed by atoms with Gasteiger partial charge in [0, 0.05) is 32.7 Å². The van der Waals surface area contributed by atoms with Gasteiger partial charge >= 0.3 is 0 Å². The van der Waals surface area contributed by atoms with Crippen molar-refractivity contribution in [2.75, 3.05) is 0 Å². The number of aromatic nitrogens is 1. The van der Waals surface area contributed by atoms with E-state index < -0.39 is 0 Å². The molecule has 3 aliphatic rings. The Morgan fingerprint density at radius 2 is 0.788 bits per heavy atom. The molecule has 0 atom stereocenters. The molecule has 314 valence electrons. The molecule has 0 radical (unpaired) electrons. The van der Waals surface area contributed by atoms with Crippen molar-refractivity contribution in [3.8, 4) is 61.3 Å². The number of fused-ring (bicyclic) bond motifs is 15. The minimum absolute atomic E-state index is 0.0590. The lowest BCUT2D eigenvalue weighted by molar-refractivity contribution is 0.660. The summed E-state index contributed by atoms with van der Waals surface area (Å²) in [5.74, 6) is 0. The molecule has 0 saturated carbocycles. The van der Waals surface area contributed by atoms with Crippen LogP contribution in [0.5, 0.6) is 0 Å². The van der Waals surface area contributed by atoms with Crippen LogP contribution in [-0.2, 0) is 16.2 Å². The van der Waals surface area contributed by atoms with Crippen LogP contribution < -0.4 is 0 Å². The van der Waals surface area contributed by atoms with Gasteiger partial charge in [0.1, 0.15) is 0 Å². The maximum atomic E-state index is 2.56. The monoisotopic (exact) mass is 843 g/mol. The van der Waals surface area contributed by atoms with Crippen molar-refractivity contribution in [2.45, 2.75) is 57.8 Å². The van der Waals surface area contributed by atoms with Crippen LogP contribution >= 0.6 is 0 Å². The molecule has 0 bridgehead atoms. The van der Waals surface area contributed by atoms with E-state index in [9.17, 15) is 0 Å². The SMILES string of the molecule is CC1(C)c2ccccc2-c2ccc(-c3ccc4c5cc6c(cc5n(-c5ccccc5)c4c3)C(C)(C)c3cc(-c4ccc5c(c4)C(C)(C)c4ccccc4-5)c4cc5ccccc5cc4c3-6)cc21. The molecule has 0 spiro atoms. The summed E-state index contributed by atoms with van der Waals surface area (Å²) in [5, 5.41) is 7.73. The first-order valence-electron chi connectivity index (χ1n) is 23.7. The zero-order valence-electron chi connectivity index (χ0n) is 38.3. The van der Waals surface area contributed by atoms with E-state index in [2.05, 4.69) is 234 Å². The number of hydrogen-bond donors (Lipinski definition) is 0. The maximum Gasteiger partial charge on any atom is 0.0547 e. The molecule has 3 aliphatic carbocycles. The Kier molecular flexibility index (Phi) is 7.38. The molecule has 0 unspecified atom stereocenters. The zero-order valence-corrected chi connectivity index (χ0v) is 38.3. The predicted octanol–water partition coefficient (Wildman–Crippen LogP) is 17.3. The Balaban J connectivity index is 0.998. The second-order valence-electron chi connectivity index (χ2n) is 20.9. The fraction of sp³-hybridized carbons (Fsp3) is 0.138. The molecular formula is C65H49N. The van der Waals surface area contributed by atoms with Gasteiger partial charge in [0.25, 0.3) is 0 Å². The normalized spacial score (nSPS) is 15.5. The average Bonchev–Trinajstić information content (AvgIpc) is 3.95. The van der Waals surface area contributed by atoms with Crippen LogP contribution in [0.3, 0.4) is 0 Å². The third-order valence-corrected chi connectivity index (χ3v) is 16.4. The van der Waals surface area contributed by atoms with Gasteiger partial charge in [-0.25, -0.2) is 0 Å². The standard InChI is InChI=1S/C65H49N/c1-63(2)54-22-14-12-20-44(54)46-27-24-40(32-56(46)63)41-25-29-48-51-35-53-58(37-61(51)66(60(48)34-41)43-18-8-7-9-19-43)65(5,6)59-36-49(50-30-38-16-10-11-17-39(38)31-52(50)62(53)59)42-26-28-47-45-21-13-15-23-55(45)64(3,4)57(47)33-42/h7-37H,1-6H3. The summed E-state index contributed by atoms with van der Waals surface area (Å²) in [6.07, 6.45) is 0. The first-order valence-corrected chi connectivity index (χ1v) is 23.7. The van der Waals surface area contributed by atoms with Crippen LogP contribution in [-0.4, -0.2) is 4.57 Å². The highest BCUT2D eigenvalue weighted by atomic mass is 15.0. The topological polar surface area (TPSA) is 4.93 Å². The van der Waals surface area contributed by atoms with E-state index in [1.54, 1.807) is 0 Å². The van der Waals surface area contributed by atoms with Gasteiger partial charge in [-0.2, -0.15) is 0 Å². The first kappa shape index (κ1) is 37.9. The van der Waals surface area contributed by atoms with Crippen molar-refractivity contribution >= 4 is 43.4 Å². The third kappa shape index (κ3) is 4.90. The number of nitrogens with zero attached hydrogens (tertiary/aromatic N) is 1. The molecule has 14 rings (SSSR count). The van der Waals surface area contributed by atoms with Crippen LogP contribution in [0.15, 0.2) is 188 Å². The number of hydrogen-bond acceptors (Lipinski definition) is 0. The summed E-state index contributed by atoms with van der Waals surface area (Å²) >= 11 is 0. The van der Waals surface area contributed by atoms with Crippen molar-refractivity contribution in [1.29, 1.82) is 0 Å². The van der Waals surface area contributed by atoms with Gasteiger partial charge in [0.15, 0.2) is 0 Å². The molecule has 1 nitrogen and oxygen atoms in total. The molecule has 0 fully saturated rings. The second kappa shape index (κ2) is 12.9. The van der Waals surface area contributed by atoms with Crippen molar-refractivity contribution in [2.24, 2.45) is 0 Å². The summed E-state index contributed by atoms with van der Waals surface area (Å²) in [4.78, 5) is 0. The van der Waals surface area contributed by atoms with Crippen LogP contribution in [0.1, 0.15) is 74.9 Å². The Labute approximate surface area is 386 Å². The van der Waals surface area contributed by atoms with Crippen LogP contribution in [0.2, 0.25) is 0 Å². The molecule has 0 amide bonds. The van der Waals surface area contributed by atoms with E-state index in [0.717, 1.165) is 0 Å². The second-order valence-corrected chi connectivity index (χ2v) is 20.9. The van der Waals surface area contributed by atoms with Gasteiger partial charge in [0.05, 0.1) is 11.0 Å². The van der Waals surface area contributed by atoms with Gasteiger partial charge in [-0.3, -0.25) is 0 Å². The number of rotatable bonds is 3. The summed E-state index contributed by atoms with van der Waals surface area (Å²) in [5.41, 5.74) is 24.9. The van der Waals surface area contributed by atoms with Crippen molar-refractivity contribution in [3.05, 3.63) is 221 Å². The van der Waals surface area contributed by atoms with E-state index >= 15 is 0 Å². The molecule has 1 aromatic heterocycles. The minimum Gasteiger partial charge on any atom is -0.309 e. The van der Waals surface area contributed by atoms with E-state index in [1.807, 2.05) is 0 Å². The molecule has 66 heavy (non-hydrogen) atoms. The van der Waals surface area contributed by atoms with Gasteiger partial charge in [-0.05, 0) is 171 Å². The van der Waals surface area contributed by atoms with E-state index in [4.69, 9.17) is 0 Å². The average molecular weight is 844 g/mol. The van der Waals surface area contributed by atoms with Gasteiger partial charge in [-0.1, -0.05) is 169 Å². The lowest BCUT2D eigenvalue weighted by Gasteiger charge is -2.24.